The van der Waals surface area contributed by atoms with E-state index in [1.807, 2.05) is 6.92 Å². The summed E-state index contributed by atoms with van der Waals surface area (Å²) in [5, 5.41) is 7.39. The van der Waals surface area contributed by atoms with Crippen molar-refractivity contribution in [2.45, 2.75) is 13.3 Å². The maximum atomic E-state index is 12.0. The number of thiophene rings is 1. The Morgan fingerprint density at radius 1 is 1.71 bits per heavy atom. The first-order chi connectivity index (χ1) is 8.09. The topological polar surface area (TPSA) is 73.2 Å². The summed E-state index contributed by atoms with van der Waals surface area (Å²) in [4.78, 5) is 12.0. The molecule has 92 valence electrons. The molecule has 8 heteroatoms. The molecule has 1 aromatic rings. The molecule has 1 atom stereocenters. The number of anilines is 1. The molecule has 0 radical (unpaired) electrons. The molecule has 2 rings (SSSR count). The fourth-order valence-corrected chi connectivity index (χ4v) is 2.83. The Morgan fingerprint density at radius 2 is 2.47 bits per heavy atom. The molecule has 1 unspecified atom stereocenters. The minimum Gasteiger partial charge on any atom is -0.289 e. The molecule has 0 aromatic carbocycles. The van der Waals surface area contributed by atoms with Crippen LogP contribution in [0.2, 0.25) is 0 Å². The third-order valence-corrected chi connectivity index (χ3v) is 3.87. The number of hydrogen-bond donors (Lipinski definition) is 1. The minimum absolute atomic E-state index is 0.426. The molecule has 17 heavy (non-hydrogen) atoms. The van der Waals surface area contributed by atoms with Crippen LogP contribution in [0.3, 0.4) is 0 Å². The zero-order valence-electron chi connectivity index (χ0n) is 9.07. The van der Waals surface area contributed by atoms with E-state index in [2.05, 4.69) is 5.10 Å². The van der Waals surface area contributed by atoms with Gasteiger partial charge in [-0.2, -0.15) is 9.41 Å². The smallest absolute Gasteiger partial charge is 0.289 e. The number of urea groups is 1. The second kappa shape index (κ2) is 4.94. The second-order valence-corrected chi connectivity index (χ2v) is 5.22. The Bertz CT molecular complexity index is 472. The number of carbonyl (C=O) groups excluding carboxylic acids is 1. The first-order valence-electron chi connectivity index (χ1n) is 4.90. The van der Waals surface area contributed by atoms with Crippen LogP contribution in [0.1, 0.15) is 13.3 Å². The Hall–Kier alpha value is -1.25. The van der Waals surface area contributed by atoms with Crippen molar-refractivity contribution in [2.24, 2.45) is 5.10 Å². The summed E-state index contributed by atoms with van der Waals surface area (Å²) in [6.45, 7) is 2.27. The lowest BCUT2D eigenvalue weighted by atomic mass is 10.3. The van der Waals surface area contributed by atoms with Crippen LogP contribution in [0.15, 0.2) is 22.6 Å². The molecule has 1 aliphatic heterocycles. The highest BCUT2D eigenvalue weighted by molar-refractivity contribution is 7.81. The van der Waals surface area contributed by atoms with Crippen molar-refractivity contribution in [3.63, 3.8) is 0 Å². The van der Waals surface area contributed by atoms with Gasteiger partial charge in [0.15, 0.2) is 0 Å². The van der Waals surface area contributed by atoms with Crippen LogP contribution >= 0.6 is 11.3 Å². The van der Waals surface area contributed by atoms with Crippen molar-refractivity contribution in [2.75, 3.05) is 10.8 Å². The van der Waals surface area contributed by atoms with Crippen molar-refractivity contribution in [1.82, 2.24) is 5.01 Å². The van der Waals surface area contributed by atoms with Gasteiger partial charge >= 0.3 is 6.03 Å². The SMILES string of the molecule is CC1=NN(C(=O)N(c2cccs2)S(=O)O)CC1. The van der Waals surface area contributed by atoms with Gasteiger partial charge in [-0.15, -0.1) is 11.3 Å². The maximum Gasteiger partial charge on any atom is 0.359 e. The lowest BCUT2D eigenvalue weighted by molar-refractivity contribution is 0.216. The standard InChI is InChI=1S/C9H11N3O3S2/c1-7-4-5-11(10-7)9(13)12(17(14)15)8-3-2-6-16-8/h2-3,6H,4-5H2,1H3,(H,14,15). The number of hydrazone groups is 1. The highest BCUT2D eigenvalue weighted by atomic mass is 32.2. The summed E-state index contributed by atoms with van der Waals surface area (Å²) in [6.07, 6.45) is 0.697. The first-order valence-corrected chi connectivity index (χ1v) is 6.84. The fraction of sp³-hybridized carbons (Fsp3) is 0.333. The van der Waals surface area contributed by atoms with Crippen LogP contribution in [0.4, 0.5) is 9.80 Å². The average molecular weight is 273 g/mol. The number of hydrogen-bond acceptors (Lipinski definition) is 4. The number of amides is 2. The van der Waals surface area contributed by atoms with Crippen LogP contribution < -0.4 is 4.31 Å². The number of nitrogens with zero attached hydrogens (tertiary/aromatic N) is 3. The number of rotatable bonds is 2. The van der Waals surface area contributed by atoms with Gasteiger partial charge in [-0.1, -0.05) is 0 Å². The van der Waals surface area contributed by atoms with Crippen molar-refractivity contribution in [3.05, 3.63) is 17.5 Å². The lowest BCUT2D eigenvalue weighted by Gasteiger charge is -2.20. The summed E-state index contributed by atoms with van der Waals surface area (Å²) >= 11 is -1.16. The van der Waals surface area contributed by atoms with Crippen LogP contribution in [0.5, 0.6) is 0 Å². The quantitative estimate of drug-likeness (QED) is 0.836. The van der Waals surface area contributed by atoms with E-state index in [4.69, 9.17) is 0 Å². The van der Waals surface area contributed by atoms with E-state index in [-0.39, 0.29) is 0 Å². The summed E-state index contributed by atoms with van der Waals surface area (Å²) in [7, 11) is 0. The normalized spacial score (nSPS) is 16.8. The van der Waals surface area contributed by atoms with Crippen molar-refractivity contribution >= 4 is 39.3 Å². The molecule has 1 aromatic heterocycles. The minimum atomic E-state index is -2.39. The van der Waals surface area contributed by atoms with Gasteiger partial charge in [0.2, 0.25) is 0 Å². The zero-order chi connectivity index (χ0) is 12.4. The largest absolute Gasteiger partial charge is 0.359 e. The second-order valence-electron chi connectivity index (χ2n) is 3.47. The molecule has 0 spiro atoms. The molecule has 6 nitrogen and oxygen atoms in total. The Kier molecular flexibility index (Phi) is 3.55. The molecule has 1 N–H and O–H groups in total. The van der Waals surface area contributed by atoms with E-state index >= 15 is 0 Å². The number of carbonyl (C=O) groups is 1. The zero-order valence-corrected chi connectivity index (χ0v) is 10.7. The van der Waals surface area contributed by atoms with E-state index in [1.165, 1.54) is 16.3 Å². The fourth-order valence-electron chi connectivity index (χ4n) is 1.44. The van der Waals surface area contributed by atoms with Crippen molar-refractivity contribution < 1.29 is 13.6 Å². The van der Waals surface area contributed by atoms with Gasteiger partial charge in [-0.05, 0) is 24.4 Å². The summed E-state index contributed by atoms with van der Waals surface area (Å²) in [5.74, 6) is 0. The van der Waals surface area contributed by atoms with Gasteiger partial charge in [0.05, 0.1) is 6.54 Å². The highest BCUT2D eigenvalue weighted by Crippen LogP contribution is 2.24. The van der Waals surface area contributed by atoms with Crippen molar-refractivity contribution in [3.8, 4) is 0 Å². The summed E-state index contributed by atoms with van der Waals surface area (Å²) < 4.78 is 21.2. The van der Waals surface area contributed by atoms with Crippen LogP contribution in [0.25, 0.3) is 0 Å². The molecule has 1 aliphatic rings. The van der Waals surface area contributed by atoms with E-state index in [9.17, 15) is 13.6 Å². The highest BCUT2D eigenvalue weighted by Gasteiger charge is 2.29. The van der Waals surface area contributed by atoms with Crippen LogP contribution in [0, 0.1) is 0 Å². The Labute approximate surface area is 105 Å². The monoisotopic (exact) mass is 273 g/mol. The van der Waals surface area contributed by atoms with Gasteiger partial charge in [-0.3, -0.25) is 4.55 Å². The molecular formula is C9H11N3O3S2. The molecule has 0 bridgehead atoms. The lowest BCUT2D eigenvalue weighted by Crippen LogP contribution is -2.40. The van der Waals surface area contributed by atoms with E-state index in [0.717, 1.165) is 10.0 Å². The predicted octanol–water partition coefficient (Wildman–Crippen LogP) is 1.89. The maximum absolute atomic E-state index is 12.0. The van der Waals surface area contributed by atoms with Gasteiger partial charge in [0.1, 0.15) is 5.00 Å². The van der Waals surface area contributed by atoms with Crippen LogP contribution in [-0.2, 0) is 11.3 Å². The van der Waals surface area contributed by atoms with Crippen LogP contribution in [-0.4, -0.2) is 32.1 Å². The molecule has 0 saturated heterocycles. The third kappa shape index (κ3) is 2.54. The summed E-state index contributed by atoms with van der Waals surface area (Å²) in [5.41, 5.74) is 0.841. The summed E-state index contributed by atoms with van der Waals surface area (Å²) in [6, 6.07) is 2.75. The first kappa shape index (κ1) is 12.2. The molecule has 2 amide bonds. The van der Waals surface area contributed by atoms with Gasteiger partial charge in [0.25, 0.3) is 11.3 Å². The predicted molar refractivity (Wildman–Crippen MR) is 67.4 cm³/mol. The van der Waals surface area contributed by atoms with E-state index < -0.39 is 17.3 Å². The molecule has 0 fully saturated rings. The average Bonchev–Trinajstić information content (AvgIpc) is 2.88. The Morgan fingerprint density at radius 3 is 2.94 bits per heavy atom. The molecule has 0 aliphatic carbocycles. The van der Waals surface area contributed by atoms with Gasteiger partial charge in [-0.25, -0.2) is 14.0 Å². The van der Waals surface area contributed by atoms with Gasteiger partial charge < -0.3 is 0 Å². The van der Waals surface area contributed by atoms with E-state index in [1.54, 1.807) is 17.5 Å². The Balaban J connectivity index is 2.23. The van der Waals surface area contributed by atoms with Gasteiger partial charge in [0, 0.05) is 12.1 Å². The third-order valence-electron chi connectivity index (χ3n) is 2.23. The van der Waals surface area contributed by atoms with E-state index in [0.29, 0.717) is 18.0 Å². The molecule has 2 heterocycles. The molecule has 0 saturated carbocycles. The molecular weight excluding hydrogens is 262 g/mol. The van der Waals surface area contributed by atoms with Crippen molar-refractivity contribution in [1.29, 1.82) is 0 Å².